The van der Waals surface area contributed by atoms with E-state index in [1.807, 2.05) is 23.1 Å². The number of benzene rings is 1. The minimum Gasteiger partial charge on any atom is -0.337 e. The predicted molar refractivity (Wildman–Crippen MR) is 106 cm³/mol. The van der Waals surface area contributed by atoms with Gasteiger partial charge in [0.1, 0.15) is 5.69 Å². The summed E-state index contributed by atoms with van der Waals surface area (Å²) >= 11 is 1.49. The van der Waals surface area contributed by atoms with Crippen LogP contribution in [-0.2, 0) is 6.54 Å². The first-order chi connectivity index (χ1) is 13.7. The number of aryl methyl sites for hydroxylation is 1. The van der Waals surface area contributed by atoms with E-state index >= 15 is 0 Å². The molecule has 0 radical (unpaired) electrons. The molecule has 3 aromatic rings. The molecule has 1 aliphatic heterocycles. The van der Waals surface area contributed by atoms with Gasteiger partial charge < -0.3 is 4.57 Å². The van der Waals surface area contributed by atoms with Crippen molar-refractivity contribution in [1.29, 1.82) is 0 Å². The van der Waals surface area contributed by atoms with Gasteiger partial charge in [-0.15, -0.1) is 0 Å². The van der Waals surface area contributed by atoms with Crippen LogP contribution >= 0.6 is 11.8 Å². The van der Waals surface area contributed by atoms with Crippen molar-refractivity contribution in [1.82, 2.24) is 24.4 Å². The summed E-state index contributed by atoms with van der Waals surface area (Å²) in [6.07, 6.45) is 8.97. The van der Waals surface area contributed by atoms with Crippen LogP contribution in [0, 0.1) is 0 Å². The van der Waals surface area contributed by atoms with Gasteiger partial charge in [-0.1, -0.05) is 23.9 Å². The Morgan fingerprint density at radius 2 is 1.64 bits per heavy atom. The Hall–Kier alpha value is -3.00. The molecule has 28 heavy (non-hydrogen) atoms. The zero-order chi connectivity index (χ0) is 19.5. The molecule has 1 aromatic carbocycles. The SMILES string of the molecule is CSc1nccc(-c2cn(CCCCN3C(=O)c4ccccc4C3=O)cn2)n1. The standard InChI is InChI=1S/C20H19N5O2S/c1-28-20-21-9-8-16(23-20)17-12-24(13-22-17)10-4-5-11-25-18(26)14-6-2-3-7-15(14)19(25)27/h2-3,6-9,12-13H,4-5,10-11H2,1H3. The number of fused-ring (bicyclic) bond motifs is 1. The normalized spacial score (nSPS) is 13.2. The van der Waals surface area contributed by atoms with Crippen molar-refractivity contribution in [3.63, 3.8) is 0 Å². The average molecular weight is 393 g/mol. The first-order valence-corrected chi connectivity index (χ1v) is 10.2. The summed E-state index contributed by atoms with van der Waals surface area (Å²) in [7, 11) is 0. The summed E-state index contributed by atoms with van der Waals surface area (Å²) in [4.78, 5) is 39.1. The maximum atomic E-state index is 12.4. The molecule has 142 valence electrons. The van der Waals surface area contributed by atoms with Gasteiger partial charge in [0.05, 0.1) is 23.1 Å². The Labute approximate surface area is 166 Å². The zero-order valence-corrected chi connectivity index (χ0v) is 16.2. The van der Waals surface area contributed by atoms with Gasteiger partial charge in [0.2, 0.25) is 0 Å². The maximum Gasteiger partial charge on any atom is 0.261 e. The van der Waals surface area contributed by atoms with Crippen molar-refractivity contribution < 1.29 is 9.59 Å². The molecule has 0 spiro atoms. The summed E-state index contributed by atoms with van der Waals surface area (Å²) in [6, 6.07) is 8.82. The highest BCUT2D eigenvalue weighted by atomic mass is 32.2. The molecule has 0 N–H and O–H groups in total. The third kappa shape index (κ3) is 3.55. The Morgan fingerprint density at radius 3 is 2.36 bits per heavy atom. The summed E-state index contributed by atoms with van der Waals surface area (Å²) in [5, 5.41) is 0.716. The lowest BCUT2D eigenvalue weighted by molar-refractivity contribution is 0.0651. The Bertz CT molecular complexity index is 998. The summed E-state index contributed by atoms with van der Waals surface area (Å²) in [5.41, 5.74) is 2.60. The van der Waals surface area contributed by atoms with E-state index < -0.39 is 0 Å². The van der Waals surface area contributed by atoms with E-state index in [1.54, 1.807) is 36.8 Å². The van der Waals surface area contributed by atoms with Gasteiger partial charge in [-0.05, 0) is 37.3 Å². The lowest BCUT2D eigenvalue weighted by atomic mass is 10.1. The van der Waals surface area contributed by atoms with Gasteiger partial charge in [0.15, 0.2) is 5.16 Å². The second-order valence-corrected chi connectivity index (χ2v) is 7.21. The van der Waals surface area contributed by atoms with Crippen molar-refractivity contribution in [2.45, 2.75) is 24.5 Å². The summed E-state index contributed by atoms with van der Waals surface area (Å²) in [6.45, 7) is 1.19. The zero-order valence-electron chi connectivity index (χ0n) is 15.4. The highest BCUT2D eigenvalue weighted by Gasteiger charge is 2.34. The Kier molecular flexibility index (Phi) is 5.21. The molecule has 0 saturated heterocycles. The number of unbranched alkanes of at least 4 members (excludes halogenated alkanes) is 1. The number of hydrogen-bond donors (Lipinski definition) is 0. The number of imide groups is 1. The van der Waals surface area contributed by atoms with Gasteiger partial charge >= 0.3 is 0 Å². The van der Waals surface area contributed by atoms with E-state index in [0.717, 1.165) is 30.8 Å². The second-order valence-electron chi connectivity index (χ2n) is 6.44. The molecule has 2 amide bonds. The average Bonchev–Trinajstić information content (AvgIpc) is 3.30. The highest BCUT2D eigenvalue weighted by molar-refractivity contribution is 7.98. The number of rotatable bonds is 7. The van der Waals surface area contributed by atoms with Gasteiger partial charge in [0.25, 0.3) is 11.8 Å². The molecule has 2 aromatic heterocycles. The molecular formula is C20H19N5O2S. The van der Waals surface area contributed by atoms with Crippen molar-refractivity contribution >= 4 is 23.6 Å². The molecular weight excluding hydrogens is 374 g/mol. The molecule has 0 fully saturated rings. The topological polar surface area (TPSA) is 81.0 Å². The maximum absolute atomic E-state index is 12.4. The lowest BCUT2D eigenvalue weighted by Crippen LogP contribution is -2.30. The number of carbonyl (C=O) groups is 2. The van der Waals surface area contributed by atoms with Gasteiger partial charge in [-0.2, -0.15) is 0 Å². The van der Waals surface area contributed by atoms with Crippen LogP contribution in [-0.4, -0.2) is 49.0 Å². The molecule has 4 rings (SSSR count). The van der Waals surface area contributed by atoms with Crippen molar-refractivity contribution in [3.8, 4) is 11.4 Å². The van der Waals surface area contributed by atoms with Crippen LogP contribution in [0.5, 0.6) is 0 Å². The number of aromatic nitrogens is 4. The fourth-order valence-corrected chi connectivity index (χ4v) is 3.56. The number of thioether (sulfide) groups is 1. The Balaban J connectivity index is 1.31. The lowest BCUT2D eigenvalue weighted by Gasteiger charge is -2.13. The third-order valence-electron chi connectivity index (χ3n) is 4.64. The van der Waals surface area contributed by atoms with E-state index in [1.165, 1.54) is 16.7 Å². The number of hydrogen-bond acceptors (Lipinski definition) is 6. The monoisotopic (exact) mass is 393 g/mol. The summed E-state index contributed by atoms with van der Waals surface area (Å²) in [5.74, 6) is -0.391. The van der Waals surface area contributed by atoms with Gasteiger partial charge in [-0.25, -0.2) is 15.0 Å². The molecule has 0 unspecified atom stereocenters. The molecule has 0 bridgehead atoms. The minimum absolute atomic E-state index is 0.195. The van der Waals surface area contributed by atoms with Crippen molar-refractivity contribution in [3.05, 3.63) is 60.2 Å². The smallest absolute Gasteiger partial charge is 0.261 e. The largest absolute Gasteiger partial charge is 0.337 e. The first kappa shape index (κ1) is 18.4. The summed E-state index contributed by atoms with van der Waals surface area (Å²) < 4.78 is 2.00. The van der Waals surface area contributed by atoms with Crippen molar-refractivity contribution in [2.24, 2.45) is 0 Å². The molecule has 0 saturated carbocycles. The van der Waals surface area contributed by atoms with Crippen LogP contribution in [0.15, 0.2) is 54.2 Å². The molecule has 1 aliphatic rings. The van der Waals surface area contributed by atoms with E-state index in [0.29, 0.717) is 22.8 Å². The van der Waals surface area contributed by atoms with E-state index in [-0.39, 0.29) is 11.8 Å². The quantitative estimate of drug-likeness (QED) is 0.265. The van der Waals surface area contributed by atoms with E-state index in [9.17, 15) is 9.59 Å². The molecule has 3 heterocycles. The fraction of sp³-hybridized carbons (Fsp3) is 0.250. The van der Waals surface area contributed by atoms with E-state index in [4.69, 9.17) is 0 Å². The van der Waals surface area contributed by atoms with Crippen LogP contribution in [0.1, 0.15) is 33.6 Å². The van der Waals surface area contributed by atoms with Crippen LogP contribution < -0.4 is 0 Å². The number of imidazole rings is 1. The van der Waals surface area contributed by atoms with Crippen LogP contribution in [0.25, 0.3) is 11.4 Å². The van der Waals surface area contributed by atoms with Crippen LogP contribution in [0.2, 0.25) is 0 Å². The number of nitrogens with zero attached hydrogens (tertiary/aromatic N) is 5. The molecule has 8 heteroatoms. The predicted octanol–water partition coefficient (Wildman–Crippen LogP) is 3.14. The first-order valence-electron chi connectivity index (χ1n) is 9.02. The molecule has 0 aliphatic carbocycles. The van der Waals surface area contributed by atoms with Gasteiger partial charge in [0, 0.05) is 25.5 Å². The molecule has 0 atom stereocenters. The van der Waals surface area contributed by atoms with Crippen molar-refractivity contribution in [2.75, 3.05) is 12.8 Å². The second kappa shape index (κ2) is 7.93. The van der Waals surface area contributed by atoms with Crippen LogP contribution in [0.4, 0.5) is 0 Å². The number of amides is 2. The minimum atomic E-state index is -0.195. The fourth-order valence-electron chi connectivity index (χ4n) is 3.20. The Morgan fingerprint density at radius 1 is 0.929 bits per heavy atom. The van der Waals surface area contributed by atoms with Crippen LogP contribution in [0.3, 0.4) is 0 Å². The van der Waals surface area contributed by atoms with E-state index in [2.05, 4.69) is 15.0 Å². The number of carbonyl (C=O) groups excluding carboxylic acids is 2. The van der Waals surface area contributed by atoms with Gasteiger partial charge in [-0.3, -0.25) is 14.5 Å². The third-order valence-corrected chi connectivity index (χ3v) is 5.20. The molecule has 7 nitrogen and oxygen atoms in total. The highest BCUT2D eigenvalue weighted by Crippen LogP contribution is 2.23.